The Morgan fingerprint density at radius 1 is 1.71 bits per heavy atom. The molecule has 1 aliphatic heterocycles. The van der Waals surface area contributed by atoms with Crippen molar-refractivity contribution in [3.63, 3.8) is 0 Å². The molecular formula is C11H18N4O2. The predicted octanol–water partition coefficient (Wildman–Crippen LogP) is -0.520. The molecule has 0 radical (unpaired) electrons. The van der Waals surface area contributed by atoms with Crippen molar-refractivity contribution in [2.24, 2.45) is 7.05 Å². The number of likely N-dealkylation sites (N-methyl/N-ethyl adjacent to an activating group) is 1. The van der Waals surface area contributed by atoms with Gasteiger partial charge in [0, 0.05) is 26.7 Å². The standard InChI is InChI=1S/C11H18N4O2/c1-12-5-9-7-15(3-4-17-9)11(16)10-6-13-8-14(10)2/h6,8-9,12H,3-5,7H2,1-2H3. The van der Waals surface area contributed by atoms with Gasteiger partial charge >= 0.3 is 0 Å². The van der Waals surface area contributed by atoms with Crippen molar-refractivity contribution in [3.8, 4) is 0 Å². The van der Waals surface area contributed by atoms with E-state index in [4.69, 9.17) is 4.74 Å². The average molecular weight is 238 g/mol. The zero-order valence-electron chi connectivity index (χ0n) is 10.2. The predicted molar refractivity (Wildman–Crippen MR) is 62.8 cm³/mol. The second kappa shape index (κ2) is 5.29. The van der Waals surface area contributed by atoms with E-state index in [0.717, 1.165) is 6.54 Å². The van der Waals surface area contributed by atoms with Crippen molar-refractivity contribution in [2.75, 3.05) is 33.3 Å². The van der Waals surface area contributed by atoms with E-state index in [0.29, 0.717) is 25.4 Å². The smallest absolute Gasteiger partial charge is 0.272 e. The summed E-state index contributed by atoms with van der Waals surface area (Å²) < 4.78 is 7.31. The Hall–Kier alpha value is -1.40. The second-order valence-electron chi connectivity index (χ2n) is 4.19. The molecule has 0 bridgehead atoms. The number of carbonyl (C=O) groups excluding carboxylic acids is 1. The van der Waals surface area contributed by atoms with Gasteiger partial charge in [0.05, 0.1) is 25.2 Å². The molecule has 17 heavy (non-hydrogen) atoms. The molecule has 0 saturated carbocycles. The third-order valence-corrected chi connectivity index (χ3v) is 2.89. The van der Waals surface area contributed by atoms with Crippen LogP contribution in [0, 0.1) is 0 Å². The molecule has 1 atom stereocenters. The van der Waals surface area contributed by atoms with Crippen LogP contribution in [0.2, 0.25) is 0 Å². The highest BCUT2D eigenvalue weighted by atomic mass is 16.5. The summed E-state index contributed by atoms with van der Waals surface area (Å²) in [5, 5.41) is 3.06. The lowest BCUT2D eigenvalue weighted by molar-refractivity contribution is -0.0199. The monoisotopic (exact) mass is 238 g/mol. The summed E-state index contributed by atoms with van der Waals surface area (Å²) in [4.78, 5) is 18.0. The van der Waals surface area contributed by atoms with Crippen molar-refractivity contribution < 1.29 is 9.53 Å². The van der Waals surface area contributed by atoms with Gasteiger partial charge in [-0.15, -0.1) is 0 Å². The Morgan fingerprint density at radius 3 is 3.18 bits per heavy atom. The van der Waals surface area contributed by atoms with E-state index in [2.05, 4.69) is 10.3 Å². The van der Waals surface area contributed by atoms with Gasteiger partial charge in [0.2, 0.25) is 0 Å². The normalized spacial score (nSPS) is 20.6. The first-order chi connectivity index (χ1) is 8.22. The van der Waals surface area contributed by atoms with Crippen LogP contribution in [0.3, 0.4) is 0 Å². The Labute approximate surface area is 101 Å². The SMILES string of the molecule is CNCC1CN(C(=O)c2cncn2C)CCO1. The Kier molecular flexibility index (Phi) is 3.75. The number of rotatable bonds is 3. The summed E-state index contributed by atoms with van der Waals surface area (Å²) in [6, 6.07) is 0. The summed E-state index contributed by atoms with van der Waals surface area (Å²) in [5.41, 5.74) is 0.620. The van der Waals surface area contributed by atoms with Gasteiger partial charge in [0.15, 0.2) is 0 Å². The molecule has 6 heteroatoms. The first-order valence-corrected chi connectivity index (χ1v) is 5.74. The molecule has 0 aliphatic carbocycles. The summed E-state index contributed by atoms with van der Waals surface area (Å²) >= 11 is 0. The molecule has 6 nitrogen and oxygen atoms in total. The van der Waals surface area contributed by atoms with E-state index in [-0.39, 0.29) is 12.0 Å². The van der Waals surface area contributed by atoms with E-state index >= 15 is 0 Å². The molecule has 1 amide bonds. The van der Waals surface area contributed by atoms with E-state index in [9.17, 15) is 4.79 Å². The fourth-order valence-electron chi connectivity index (χ4n) is 1.98. The van der Waals surface area contributed by atoms with E-state index in [1.807, 2.05) is 19.0 Å². The zero-order valence-corrected chi connectivity index (χ0v) is 10.2. The Morgan fingerprint density at radius 2 is 2.53 bits per heavy atom. The van der Waals surface area contributed by atoms with Crippen LogP contribution < -0.4 is 5.32 Å². The maximum absolute atomic E-state index is 12.2. The minimum absolute atomic E-state index is 0.0226. The maximum Gasteiger partial charge on any atom is 0.272 e. The first kappa shape index (κ1) is 12.1. The van der Waals surface area contributed by atoms with Gasteiger partial charge in [-0.2, -0.15) is 0 Å². The van der Waals surface area contributed by atoms with Gasteiger partial charge in [0.1, 0.15) is 5.69 Å². The topological polar surface area (TPSA) is 59.4 Å². The number of amides is 1. The molecule has 1 aromatic heterocycles. The van der Waals surface area contributed by atoms with E-state index < -0.39 is 0 Å². The molecule has 2 rings (SSSR count). The highest BCUT2D eigenvalue weighted by molar-refractivity contribution is 5.92. The van der Waals surface area contributed by atoms with Gasteiger partial charge < -0.3 is 19.5 Å². The van der Waals surface area contributed by atoms with Crippen LogP contribution in [0.5, 0.6) is 0 Å². The van der Waals surface area contributed by atoms with Crippen LogP contribution in [0.1, 0.15) is 10.5 Å². The van der Waals surface area contributed by atoms with Gasteiger partial charge in [-0.3, -0.25) is 4.79 Å². The molecule has 1 fully saturated rings. The molecule has 94 valence electrons. The van der Waals surface area contributed by atoms with Crippen LogP contribution in [0.15, 0.2) is 12.5 Å². The Balaban J connectivity index is 2.02. The molecule has 0 spiro atoms. The van der Waals surface area contributed by atoms with Crippen LogP contribution in [0.25, 0.3) is 0 Å². The van der Waals surface area contributed by atoms with Crippen LogP contribution in [-0.2, 0) is 11.8 Å². The fourth-order valence-corrected chi connectivity index (χ4v) is 1.98. The minimum Gasteiger partial charge on any atom is -0.373 e. The Bertz CT molecular complexity index is 389. The highest BCUT2D eigenvalue weighted by Crippen LogP contribution is 2.09. The lowest BCUT2D eigenvalue weighted by atomic mass is 10.2. The second-order valence-corrected chi connectivity index (χ2v) is 4.19. The molecule has 0 aromatic carbocycles. The summed E-state index contributed by atoms with van der Waals surface area (Å²) in [6.45, 7) is 2.63. The molecule has 2 heterocycles. The van der Waals surface area contributed by atoms with Crippen molar-refractivity contribution in [2.45, 2.75) is 6.10 Å². The van der Waals surface area contributed by atoms with Crippen molar-refractivity contribution in [3.05, 3.63) is 18.2 Å². The van der Waals surface area contributed by atoms with Crippen LogP contribution in [-0.4, -0.2) is 59.8 Å². The maximum atomic E-state index is 12.2. The molecule has 1 saturated heterocycles. The van der Waals surface area contributed by atoms with Gasteiger partial charge in [0.25, 0.3) is 5.91 Å². The lowest BCUT2D eigenvalue weighted by Crippen LogP contribution is -2.48. The molecule has 1 aliphatic rings. The molecule has 1 unspecified atom stereocenters. The zero-order chi connectivity index (χ0) is 12.3. The summed E-state index contributed by atoms with van der Waals surface area (Å²) in [6.07, 6.45) is 3.31. The molecule has 1 N–H and O–H groups in total. The lowest BCUT2D eigenvalue weighted by Gasteiger charge is -2.32. The number of nitrogens with zero attached hydrogens (tertiary/aromatic N) is 3. The van der Waals surface area contributed by atoms with Gasteiger partial charge in [-0.05, 0) is 7.05 Å². The average Bonchev–Trinajstić information content (AvgIpc) is 2.75. The van der Waals surface area contributed by atoms with Crippen molar-refractivity contribution in [1.29, 1.82) is 0 Å². The van der Waals surface area contributed by atoms with Crippen molar-refractivity contribution in [1.82, 2.24) is 19.8 Å². The third-order valence-electron chi connectivity index (χ3n) is 2.89. The van der Waals surface area contributed by atoms with Crippen molar-refractivity contribution >= 4 is 5.91 Å². The first-order valence-electron chi connectivity index (χ1n) is 5.74. The number of imidazole rings is 1. The quantitative estimate of drug-likeness (QED) is 0.770. The molecular weight excluding hydrogens is 220 g/mol. The van der Waals surface area contributed by atoms with Crippen LogP contribution >= 0.6 is 0 Å². The van der Waals surface area contributed by atoms with Crippen LogP contribution in [0.4, 0.5) is 0 Å². The number of nitrogens with one attached hydrogen (secondary N) is 1. The molecule has 1 aromatic rings. The number of morpholine rings is 1. The number of ether oxygens (including phenoxy) is 1. The minimum atomic E-state index is 0.0226. The highest BCUT2D eigenvalue weighted by Gasteiger charge is 2.25. The van der Waals surface area contributed by atoms with Gasteiger partial charge in [-0.1, -0.05) is 0 Å². The summed E-state index contributed by atoms with van der Waals surface area (Å²) in [7, 11) is 3.71. The number of hydrogen-bond donors (Lipinski definition) is 1. The van der Waals surface area contributed by atoms with E-state index in [1.165, 1.54) is 0 Å². The number of aromatic nitrogens is 2. The number of hydrogen-bond acceptors (Lipinski definition) is 4. The largest absolute Gasteiger partial charge is 0.373 e. The summed E-state index contributed by atoms with van der Waals surface area (Å²) in [5.74, 6) is 0.0226. The van der Waals surface area contributed by atoms with E-state index in [1.54, 1.807) is 17.1 Å². The fraction of sp³-hybridized carbons (Fsp3) is 0.636. The number of aryl methyl sites for hydroxylation is 1. The third kappa shape index (κ3) is 2.65. The number of carbonyl (C=O) groups is 1. The van der Waals surface area contributed by atoms with Gasteiger partial charge in [-0.25, -0.2) is 4.98 Å².